The molecule has 3 rings (SSSR count). The number of sulfone groups is 1. The van der Waals surface area contributed by atoms with Crippen LogP contribution in [0, 0.1) is 0 Å². The maximum atomic E-state index is 12.2. The fourth-order valence-corrected chi connectivity index (χ4v) is 4.61. The number of aromatic nitrogens is 1. The van der Waals surface area contributed by atoms with Gasteiger partial charge in [-0.1, -0.05) is 23.7 Å². The van der Waals surface area contributed by atoms with Crippen molar-refractivity contribution >= 4 is 48.9 Å². The van der Waals surface area contributed by atoms with Gasteiger partial charge in [-0.25, -0.2) is 13.4 Å². The number of carbonyl (C=O) groups is 1. The molecule has 2 aromatic carbocycles. The van der Waals surface area contributed by atoms with Crippen LogP contribution < -0.4 is 5.32 Å². The van der Waals surface area contributed by atoms with Crippen LogP contribution in [-0.4, -0.2) is 32.1 Å². The lowest BCUT2D eigenvalue weighted by molar-refractivity contribution is 0.0954. The standard InChI is InChI=1S/C17H15ClN2O3S2/c1-25(22,23)15-10-11(6-7-12(15)18)17(21)19-9-8-16-20-13-4-2-3-5-14(13)24-16/h2-7,10H,8-9H2,1H3,(H,19,21). The number of hydrogen-bond donors (Lipinski definition) is 1. The van der Waals surface area contributed by atoms with Crippen molar-refractivity contribution in [2.24, 2.45) is 0 Å². The Morgan fingerprint density at radius 2 is 2.00 bits per heavy atom. The van der Waals surface area contributed by atoms with Gasteiger partial charge in [-0.05, 0) is 30.3 Å². The van der Waals surface area contributed by atoms with Crippen LogP contribution in [0.25, 0.3) is 10.2 Å². The van der Waals surface area contributed by atoms with Crippen molar-refractivity contribution in [3.8, 4) is 0 Å². The summed E-state index contributed by atoms with van der Waals surface area (Å²) in [5, 5.41) is 3.82. The molecule has 0 saturated carbocycles. The topological polar surface area (TPSA) is 76.1 Å². The summed E-state index contributed by atoms with van der Waals surface area (Å²) < 4.78 is 24.5. The zero-order chi connectivity index (χ0) is 18.0. The third-order valence-corrected chi connectivity index (χ3v) is 6.23. The normalized spacial score (nSPS) is 11.6. The molecule has 1 heterocycles. The number of nitrogens with zero attached hydrogens (tertiary/aromatic N) is 1. The second-order valence-corrected chi connectivity index (χ2v) is 9.01. The van der Waals surface area contributed by atoms with Gasteiger partial charge < -0.3 is 5.32 Å². The van der Waals surface area contributed by atoms with Crippen LogP contribution in [0.2, 0.25) is 5.02 Å². The number of benzene rings is 2. The van der Waals surface area contributed by atoms with Crippen molar-refractivity contribution < 1.29 is 13.2 Å². The highest BCUT2D eigenvalue weighted by atomic mass is 35.5. The van der Waals surface area contributed by atoms with Gasteiger partial charge in [0.2, 0.25) is 0 Å². The first kappa shape index (κ1) is 17.8. The Morgan fingerprint density at radius 3 is 2.72 bits per heavy atom. The number of rotatable bonds is 5. The number of carbonyl (C=O) groups excluding carboxylic acids is 1. The Kier molecular flexibility index (Phi) is 5.08. The molecular weight excluding hydrogens is 380 g/mol. The van der Waals surface area contributed by atoms with Crippen LogP contribution >= 0.6 is 22.9 Å². The predicted molar refractivity (Wildman–Crippen MR) is 100 cm³/mol. The molecule has 0 radical (unpaired) electrons. The zero-order valence-corrected chi connectivity index (χ0v) is 15.7. The Labute approximate surface area is 154 Å². The molecular formula is C17H15ClN2O3S2. The molecule has 0 spiro atoms. The van der Waals surface area contributed by atoms with Crippen molar-refractivity contribution in [3.05, 3.63) is 58.1 Å². The van der Waals surface area contributed by atoms with Crippen molar-refractivity contribution in [1.82, 2.24) is 10.3 Å². The van der Waals surface area contributed by atoms with Crippen molar-refractivity contribution in [1.29, 1.82) is 0 Å². The van der Waals surface area contributed by atoms with E-state index in [0.717, 1.165) is 21.5 Å². The molecule has 0 bridgehead atoms. The summed E-state index contributed by atoms with van der Waals surface area (Å²) in [6.07, 6.45) is 1.67. The Morgan fingerprint density at radius 1 is 1.24 bits per heavy atom. The molecule has 130 valence electrons. The molecule has 25 heavy (non-hydrogen) atoms. The van der Waals surface area contributed by atoms with Gasteiger partial charge in [0.1, 0.15) is 0 Å². The summed E-state index contributed by atoms with van der Waals surface area (Å²) in [5.41, 5.74) is 1.21. The maximum Gasteiger partial charge on any atom is 0.251 e. The van der Waals surface area contributed by atoms with Gasteiger partial charge in [-0.3, -0.25) is 4.79 Å². The average molecular weight is 395 g/mol. The first-order valence-corrected chi connectivity index (χ1v) is 10.6. The fraction of sp³-hybridized carbons (Fsp3) is 0.176. The quantitative estimate of drug-likeness (QED) is 0.720. The largest absolute Gasteiger partial charge is 0.352 e. The summed E-state index contributed by atoms with van der Waals surface area (Å²) >= 11 is 7.48. The van der Waals surface area contributed by atoms with E-state index < -0.39 is 9.84 Å². The van der Waals surface area contributed by atoms with Gasteiger partial charge in [0.25, 0.3) is 5.91 Å². The molecule has 1 N–H and O–H groups in total. The van der Waals surface area contributed by atoms with Crippen LogP contribution in [0.3, 0.4) is 0 Å². The third-order valence-electron chi connectivity index (χ3n) is 3.56. The Hall–Kier alpha value is -1.96. The molecule has 0 aliphatic carbocycles. The number of amides is 1. The second kappa shape index (κ2) is 7.11. The summed E-state index contributed by atoms with van der Waals surface area (Å²) in [5.74, 6) is -0.345. The average Bonchev–Trinajstić information content (AvgIpc) is 2.96. The SMILES string of the molecule is CS(=O)(=O)c1cc(C(=O)NCCc2nc3ccccc3s2)ccc1Cl. The molecule has 0 unspecified atom stereocenters. The molecule has 8 heteroatoms. The molecule has 5 nitrogen and oxygen atoms in total. The molecule has 0 aliphatic rings. The maximum absolute atomic E-state index is 12.2. The molecule has 1 aromatic heterocycles. The van der Waals surface area contributed by atoms with Crippen molar-refractivity contribution in [3.63, 3.8) is 0 Å². The van der Waals surface area contributed by atoms with Crippen molar-refractivity contribution in [2.45, 2.75) is 11.3 Å². The van der Waals surface area contributed by atoms with E-state index in [-0.39, 0.29) is 21.4 Å². The molecule has 0 saturated heterocycles. The monoisotopic (exact) mass is 394 g/mol. The number of halogens is 1. The molecule has 0 fully saturated rings. The van der Waals surface area contributed by atoms with Crippen molar-refractivity contribution in [2.75, 3.05) is 12.8 Å². The van der Waals surface area contributed by atoms with Gasteiger partial charge >= 0.3 is 0 Å². The number of para-hydroxylation sites is 1. The van der Waals surface area contributed by atoms with E-state index in [1.54, 1.807) is 11.3 Å². The van der Waals surface area contributed by atoms with E-state index in [2.05, 4.69) is 10.3 Å². The Balaban J connectivity index is 1.66. The minimum absolute atomic E-state index is 0.0482. The van der Waals surface area contributed by atoms with E-state index in [9.17, 15) is 13.2 Å². The first-order chi connectivity index (χ1) is 11.8. The Bertz CT molecular complexity index is 1010. The van der Waals surface area contributed by atoms with E-state index in [1.165, 1.54) is 18.2 Å². The van der Waals surface area contributed by atoms with Crippen LogP contribution in [-0.2, 0) is 16.3 Å². The summed E-state index contributed by atoms with van der Waals surface area (Å²) in [6, 6.07) is 12.1. The molecule has 0 atom stereocenters. The van der Waals surface area contributed by atoms with E-state index >= 15 is 0 Å². The fourth-order valence-electron chi connectivity index (χ4n) is 2.34. The van der Waals surface area contributed by atoms with Gasteiger partial charge in [0.05, 0.1) is 25.1 Å². The number of hydrogen-bond acceptors (Lipinski definition) is 5. The minimum Gasteiger partial charge on any atom is -0.352 e. The predicted octanol–water partition coefficient (Wildman–Crippen LogP) is 3.33. The lowest BCUT2D eigenvalue weighted by Gasteiger charge is -2.07. The second-order valence-electron chi connectivity index (χ2n) is 5.50. The van der Waals surface area contributed by atoms with E-state index in [1.807, 2.05) is 24.3 Å². The lowest BCUT2D eigenvalue weighted by Crippen LogP contribution is -2.25. The smallest absolute Gasteiger partial charge is 0.251 e. The number of fused-ring (bicyclic) bond motifs is 1. The molecule has 3 aromatic rings. The number of nitrogens with one attached hydrogen (secondary N) is 1. The first-order valence-electron chi connectivity index (χ1n) is 7.47. The van der Waals surface area contributed by atoms with Gasteiger partial charge in [0, 0.05) is 24.8 Å². The van der Waals surface area contributed by atoms with E-state index in [4.69, 9.17) is 11.6 Å². The summed E-state index contributed by atoms with van der Waals surface area (Å²) in [7, 11) is -3.49. The summed E-state index contributed by atoms with van der Waals surface area (Å²) in [6.45, 7) is 0.412. The highest BCUT2D eigenvalue weighted by Crippen LogP contribution is 2.23. The van der Waals surface area contributed by atoms with Crippen LogP contribution in [0.4, 0.5) is 0 Å². The molecule has 0 aliphatic heterocycles. The molecule has 1 amide bonds. The van der Waals surface area contributed by atoms with Crippen LogP contribution in [0.5, 0.6) is 0 Å². The van der Waals surface area contributed by atoms with Crippen LogP contribution in [0.15, 0.2) is 47.4 Å². The number of thiazole rings is 1. The highest BCUT2D eigenvalue weighted by Gasteiger charge is 2.15. The zero-order valence-electron chi connectivity index (χ0n) is 13.3. The van der Waals surface area contributed by atoms with Crippen LogP contribution in [0.1, 0.15) is 15.4 Å². The third kappa shape index (κ3) is 4.18. The lowest BCUT2D eigenvalue weighted by atomic mass is 10.2. The van der Waals surface area contributed by atoms with Gasteiger partial charge in [0.15, 0.2) is 9.84 Å². The minimum atomic E-state index is -3.49. The van der Waals surface area contributed by atoms with Gasteiger partial charge in [-0.2, -0.15) is 0 Å². The van der Waals surface area contributed by atoms with Gasteiger partial charge in [-0.15, -0.1) is 11.3 Å². The van der Waals surface area contributed by atoms with E-state index in [0.29, 0.717) is 13.0 Å². The summed E-state index contributed by atoms with van der Waals surface area (Å²) in [4.78, 5) is 16.7. The highest BCUT2D eigenvalue weighted by molar-refractivity contribution is 7.90.